The van der Waals surface area contributed by atoms with Crippen LogP contribution in [0.5, 0.6) is 0 Å². The maximum atomic E-state index is 12.0. The Hall–Kier alpha value is -1.35. The molecule has 108 valence electrons. The molecule has 1 aromatic heterocycles. The zero-order valence-electron chi connectivity index (χ0n) is 11.5. The fraction of sp³-hybridized carbons (Fsp3) is 0.533. The molecule has 0 spiro atoms. The number of thiophene rings is 1. The first-order valence-corrected chi connectivity index (χ1v) is 7.81. The number of amides is 1. The summed E-state index contributed by atoms with van der Waals surface area (Å²) in [6.07, 6.45) is 3.87. The van der Waals surface area contributed by atoms with Gasteiger partial charge in [0, 0.05) is 13.1 Å². The molecule has 2 heterocycles. The Labute approximate surface area is 123 Å². The number of nitrogens with one attached hydrogen (secondary N) is 1. The number of likely N-dealkylation sites (tertiary alicyclic amines) is 1. The monoisotopic (exact) mass is 292 g/mol. The van der Waals surface area contributed by atoms with Gasteiger partial charge in [0.05, 0.1) is 9.75 Å². The van der Waals surface area contributed by atoms with E-state index in [1.165, 1.54) is 30.6 Å². The number of aliphatic hydroxyl groups is 1. The molecular weight excluding hydrogens is 272 g/mol. The van der Waals surface area contributed by atoms with E-state index in [0.717, 1.165) is 24.5 Å². The van der Waals surface area contributed by atoms with Gasteiger partial charge in [0.2, 0.25) is 0 Å². The van der Waals surface area contributed by atoms with E-state index >= 15 is 0 Å². The van der Waals surface area contributed by atoms with Crippen molar-refractivity contribution in [3.05, 3.63) is 21.9 Å². The van der Waals surface area contributed by atoms with Gasteiger partial charge in [-0.3, -0.25) is 4.79 Å². The van der Waals surface area contributed by atoms with E-state index in [0.29, 0.717) is 11.4 Å². The maximum Gasteiger partial charge on any atom is 0.261 e. The highest BCUT2D eigenvalue weighted by molar-refractivity contribution is 7.14. The molecule has 5 heteroatoms. The molecule has 1 aliphatic rings. The lowest BCUT2D eigenvalue weighted by Crippen LogP contribution is -2.37. The third-order valence-electron chi connectivity index (χ3n) is 3.28. The zero-order valence-corrected chi connectivity index (χ0v) is 12.3. The van der Waals surface area contributed by atoms with Gasteiger partial charge in [-0.2, -0.15) is 0 Å². The predicted molar refractivity (Wildman–Crippen MR) is 80.9 cm³/mol. The van der Waals surface area contributed by atoms with Crippen molar-refractivity contribution in [1.82, 2.24) is 10.2 Å². The molecule has 0 atom stereocenters. The lowest BCUT2D eigenvalue weighted by atomic mass is 10.1. The summed E-state index contributed by atoms with van der Waals surface area (Å²) in [5.74, 6) is 5.35. The van der Waals surface area contributed by atoms with Gasteiger partial charge in [0.15, 0.2) is 0 Å². The van der Waals surface area contributed by atoms with Crippen molar-refractivity contribution >= 4 is 17.2 Å². The SMILES string of the molecule is O=C(NCCN1CCCCC1)c1ccc(C#CCO)s1. The van der Waals surface area contributed by atoms with Gasteiger partial charge in [0.25, 0.3) is 5.91 Å². The van der Waals surface area contributed by atoms with E-state index in [1.807, 2.05) is 6.07 Å². The van der Waals surface area contributed by atoms with Crippen LogP contribution in [0.15, 0.2) is 12.1 Å². The Morgan fingerprint density at radius 3 is 2.90 bits per heavy atom. The summed E-state index contributed by atoms with van der Waals surface area (Å²) in [5, 5.41) is 11.6. The van der Waals surface area contributed by atoms with Crippen molar-refractivity contribution < 1.29 is 9.90 Å². The maximum absolute atomic E-state index is 12.0. The predicted octanol–water partition coefficient (Wildman–Crippen LogP) is 1.31. The van der Waals surface area contributed by atoms with Crippen LogP contribution in [0.2, 0.25) is 0 Å². The lowest BCUT2D eigenvalue weighted by molar-refractivity contribution is 0.0950. The molecule has 1 saturated heterocycles. The molecule has 4 nitrogen and oxygen atoms in total. The van der Waals surface area contributed by atoms with Gasteiger partial charge in [-0.15, -0.1) is 11.3 Å². The third-order valence-corrected chi connectivity index (χ3v) is 4.28. The first-order valence-electron chi connectivity index (χ1n) is 7.00. The average Bonchev–Trinajstić information content (AvgIpc) is 2.95. The number of nitrogens with zero attached hydrogens (tertiary/aromatic N) is 1. The highest BCUT2D eigenvalue weighted by Gasteiger charge is 2.11. The van der Waals surface area contributed by atoms with Crippen LogP contribution in [0.3, 0.4) is 0 Å². The van der Waals surface area contributed by atoms with E-state index in [9.17, 15) is 4.79 Å². The first-order chi connectivity index (χ1) is 9.79. The summed E-state index contributed by atoms with van der Waals surface area (Å²) in [4.78, 5) is 15.8. The van der Waals surface area contributed by atoms with E-state index in [2.05, 4.69) is 22.1 Å². The number of carbonyl (C=O) groups is 1. The van der Waals surface area contributed by atoms with Crippen molar-refractivity contribution in [2.45, 2.75) is 19.3 Å². The second-order valence-electron chi connectivity index (χ2n) is 4.78. The van der Waals surface area contributed by atoms with Gasteiger partial charge in [-0.05, 0) is 38.1 Å². The Morgan fingerprint density at radius 2 is 2.15 bits per heavy atom. The highest BCUT2D eigenvalue weighted by Crippen LogP contribution is 2.15. The summed E-state index contributed by atoms with van der Waals surface area (Å²) in [7, 11) is 0. The number of hydrogen-bond donors (Lipinski definition) is 2. The molecule has 0 radical (unpaired) electrons. The van der Waals surface area contributed by atoms with Crippen molar-refractivity contribution in [3.63, 3.8) is 0 Å². The Balaban J connectivity index is 1.75. The number of aliphatic hydroxyl groups excluding tert-OH is 1. The molecule has 1 aliphatic heterocycles. The second kappa shape index (κ2) is 8.05. The molecule has 2 N–H and O–H groups in total. The van der Waals surface area contributed by atoms with Crippen LogP contribution in [0.4, 0.5) is 0 Å². The Morgan fingerprint density at radius 1 is 1.35 bits per heavy atom. The molecule has 0 aliphatic carbocycles. The molecule has 2 rings (SSSR count). The Bertz CT molecular complexity index is 495. The van der Waals surface area contributed by atoms with Crippen molar-refractivity contribution in [2.75, 3.05) is 32.8 Å². The van der Waals surface area contributed by atoms with Crippen LogP contribution in [-0.2, 0) is 0 Å². The van der Waals surface area contributed by atoms with Gasteiger partial charge in [-0.1, -0.05) is 18.3 Å². The summed E-state index contributed by atoms with van der Waals surface area (Å²) in [6.45, 7) is 3.75. The molecule has 1 fully saturated rings. The van der Waals surface area contributed by atoms with Crippen LogP contribution >= 0.6 is 11.3 Å². The minimum Gasteiger partial charge on any atom is -0.384 e. The molecule has 1 aromatic rings. The number of rotatable bonds is 4. The summed E-state index contributed by atoms with van der Waals surface area (Å²) in [6, 6.07) is 3.59. The quantitative estimate of drug-likeness (QED) is 0.823. The first kappa shape index (κ1) is 15.0. The largest absolute Gasteiger partial charge is 0.384 e. The topological polar surface area (TPSA) is 52.6 Å². The zero-order chi connectivity index (χ0) is 14.2. The van der Waals surface area contributed by atoms with E-state index in [1.54, 1.807) is 6.07 Å². The lowest BCUT2D eigenvalue weighted by Gasteiger charge is -2.26. The van der Waals surface area contributed by atoms with Crippen LogP contribution in [-0.4, -0.2) is 48.7 Å². The van der Waals surface area contributed by atoms with Crippen LogP contribution in [0.25, 0.3) is 0 Å². The minimum atomic E-state index is -0.157. The average molecular weight is 292 g/mol. The van der Waals surface area contributed by atoms with Crippen molar-refractivity contribution in [3.8, 4) is 11.8 Å². The fourth-order valence-electron chi connectivity index (χ4n) is 2.25. The number of hydrogen-bond acceptors (Lipinski definition) is 4. The fourth-order valence-corrected chi connectivity index (χ4v) is 3.05. The molecule has 20 heavy (non-hydrogen) atoms. The molecule has 0 unspecified atom stereocenters. The summed E-state index contributed by atoms with van der Waals surface area (Å²) in [5.41, 5.74) is 0. The molecule has 0 saturated carbocycles. The van der Waals surface area contributed by atoms with Gasteiger partial charge >= 0.3 is 0 Å². The van der Waals surface area contributed by atoms with Crippen LogP contribution < -0.4 is 5.32 Å². The molecule has 0 bridgehead atoms. The normalized spacial score (nSPS) is 15.4. The minimum absolute atomic E-state index is 0.0379. The van der Waals surface area contributed by atoms with Gasteiger partial charge < -0.3 is 15.3 Å². The Kier molecular flexibility index (Phi) is 6.06. The highest BCUT2D eigenvalue weighted by atomic mass is 32.1. The van der Waals surface area contributed by atoms with Crippen LogP contribution in [0.1, 0.15) is 33.8 Å². The molecule has 1 amide bonds. The molecule has 0 aromatic carbocycles. The van der Waals surface area contributed by atoms with Gasteiger partial charge in [-0.25, -0.2) is 0 Å². The summed E-state index contributed by atoms with van der Waals surface area (Å²) >= 11 is 1.36. The third kappa shape index (κ3) is 4.64. The van der Waals surface area contributed by atoms with E-state index < -0.39 is 0 Å². The van der Waals surface area contributed by atoms with Crippen LogP contribution in [0, 0.1) is 11.8 Å². The summed E-state index contributed by atoms with van der Waals surface area (Å²) < 4.78 is 0. The number of carbonyl (C=O) groups excluding carboxylic acids is 1. The van der Waals surface area contributed by atoms with Crippen molar-refractivity contribution in [2.24, 2.45) is 0 Å². The second-order valence-corrected chi connectivity index (χ2v) is 5.87. The molecular formula is C15H20N2O2S. The van der Waals surface area contributed by atoms with Gasteiger partial charge in [0.1, 0.15) is 6.61 Å². The standard InChI is InChI=1S/C15H20N2O2S/c18-12-4-5-13-6-7-14(20-13)15(19)16-8-11-17-9-2-1-3-10-17/h6-7,18H,1-3,8-12H2,(H,16,19). The number of piperidine rings is 1. The van der Waals surface area contributed by atoms with E-state index in [-0.39, 0.29) is 12.5 Å². The van der Waals surface area contributed by atoms with E-state index in [4.69, 9.17) is 5.11 Å². The smallest absolute Gasteiger partial charge is 0.261 e. The van der Waals surface area contributed by atoms with Crippen molar-refractivity contribution in [1.29, 1.82) is 0 Å².